The zero-order valence-corrected chi connectivity index (χ0v) is 53.8. The molecule has 6 heterocycles. The highest BCUT2D eigenvalue weighted by molar-refractivity contribution is 6.02. The topological polar surface area (TPSA) is 202 Å². The minimum Gasteiger partial charge on any atom is -0.396 e. The van der Waals surface area contributed by atoms with E-state index in [1.165, 1.54) is 23.2 Å². The molecule has 8 fully saturated rings. The monoisotopic (exact) mass is 1200 g/mol. The van der Waals surface area contributed by atoms with Gasteiger partial charge in [-0.2, -0.15) is 0 Å². The van der Waals surface area contributed by atoms with Crippen LogP contribution in [0.5, 0.6) is 0 Å². The summed E-state index contributed by atoms with van der Waals surface area (Å²) in [7, 11) is 2.07. The van der Waals surface area contributed by atoms with Crippen molar-refractivity contribution in [2.45, 2.75) is 255 Å². The number of Topliss-reactive ketones (excluding diaryl/α,β-unsaturated/α-hetero) is 3. The van der Waals surface area contributed by atoms with Gasteiger partial charge in [-0.3, -0.25) is 14.4 Å². The van der Waals surface area contributed by atoms with Crippen LogP contribution in [-0.2, 0) is 48.8 Å². The molecular weight excluding hydrogens is 1100 g/mol. The third-order valence-electron chi connectivity index (χ3n) is 28.9. The highest BCUT2D eigenvalue weighted by Gasteiger charge is 2.81. The second-order valence-corrected chi connectivity index (χ2v) is 33.0. The molecule has 12 aliphatic rings. The van der Waals surface area contributed by atoms with Crippen molar-refractivity contribution < 1.29 is 44.3 Å². The summed E-state index contributed by atoms with van der Waals surface area (Å²) in [5.74, 6) is -0.685. The number of ketones is 3. The highest BCUT2D eigenvalue weighted by Crippen LogP contribution is 2.84. The fourth-order valence-corrected chi connectivity index (χ4v) is 24.7. The van der Waals surface area contributed by atoms with E-state index in [1.807, 2.05) is 13.8 Å². The summed E-state index contributed by atoms with van der Waals surface area (Å²) in [5.41, 5.74) is 7.46. The smallest absolute Gasteiger partial charge is 0.160 e. The average molecular weight is 1200 g/mol. The van der Waals surface area contributed by atoms with Gasteiger partial charge in [0.05, 0.1) is 46.3 Å². The molecule has 3 aliphatic heterocycles. The summed E-state index contributed by atoms with van der Waals surface area (Å²) in [6.45, 7) is 15.1. The van der Waals surface area contributed by atoms with Gasteiger partial charge < -0.3 is 49.8 Å². The van der Waals surface area contributed by atoms with Crippen LogP contribution < -0.4 is 5.32 Å². The number of aliphatic hydroxyl groups excluding tert-OH is 3. The van der Waals surface area contributed by atoms with Crippen molar-refractivity contribution in [3.05, 3.63) is 92.6 Å². The van der Waals surface area contributed by atoms with Crippen molar-refractivity contribution in [2.75, 3.05) is 26.9 Å². The molecule has 9 aliphatic carbocycles. The number of ether oxygens (including phenoxy) is 2. The molecule has 6 saturated carbocycles. The number of aromatic amines is 2. The Morgan fingerprint density at radius 1 is 0.864 bits per heavy atom. The number of aromatic nitrogens is 3. The van der Waals surface area contributed by atoms with Crippen LogP contribution in [-0.4, -0.2) is 109 Å². The van der Waals surface area contributed by atoms with Gasteiger partial charge >= 0.3 is 0 Å². The summed E-state index contributed by atoms with van der Waals surface area (Å²) in [6, 6.07) is 7.14. The molecular formula is C75H100N4O9. The van der Waals surface area contributed by atoms with E-state index < -0.39 is 67.7 Å². The lowest BCUT2D eigenvalue weighted by Crippen LogP contribution is -2.75. The van der Waals surface area contributed by atoms with E-state index in [-0.39, 0.29) is 54.0 Å². The van der Waals surface area contributed by atoms with E-state index in [1.54, 1.807) is 0 Å². The number of H-pyrrole nitrogens is 2. The predicted octanol–water partition coefficient (Wildman–Crippen LogP) is 12.0. The Kier molecular flexibility index (Phi) is 13.5. The standard InChI is InChI=1S/C75H100N4O9/c1-68(2)67(88-68)54(82)36-69(3)22-17-44-38-78-61-50(56-49-32-45(41-13-9-8-10-14-41)33-52(75(86)25-29-87-30-26-75)48(49)31-42(63(56)83)15-12-28-80)39-79(62(44)61)40-51-57-59(69)53(81)37-71(57,5)70(4)23-19-55-72(6,65(70)64(51)84)74-24-18-43(34-74)60-47(20-27-77-60)58(74)66(85)73(55)21-11-16-46(35-73)76-7/h20,27,32-33,38-39,41-43,46,51,54-56,58,64-65,67,76-78,80,82,84,86H,8-19,21-26,28-31,34-37,40H2,1-7H3/t42-,43-,46+,51-,54-,55-,56+,58+,64-,65+,67-,69+,70+,71+,72-,73+,74-/m1/s1. The minimum absolute atomic E-state index is 0.00979. The maximum atomic E-state index is 16.5. The molecule has 474 valence electrons. The molecule has 2 spiro atoms. The first kappa shape index (κ1) is 58.8. The Hall–Kier alpha value is -4.21. The number of hydrogen-bond acceptors (Lipinski definition) is 10. The molecule has 13 heteroatoms. The van der Waals surface area contributed by atoms with Crippen molar-refractivity contribution in [2.24, 2.45) is 56.2 Å². The van der Waals surface area contributed by atoms with Gasteiger partial charge in [0.25, 0.3) is 0 Å². The van der Waals surface area contributed by atoms with E-state index in [4.69, 9.17) is 9.47 Å². The van der Waals surface area contributed by atoms with Gasteiger partial charge in [0, 0.05) is 110 Å². The van der Waals surface area contributed by atoms with Gasteiger partial charge in [-0.15, -0.1) is 0 Å². The number of hydrogen-bond donors (Lipinski definition) is 7. The fourth-order valence-electron chi connectivity index (χ4n) is 24.7. The normalized spacial score (nSPS) is 41.7. The summed E-state index contributed by atoms with van der Waals surface area (Å²) in [4.78, 5) is 56.3. The summed E-state index contributed by atoms with van der Waals surface area (Å²) < 4.78 is 14.5. The van der Waals surface area contributed by atoms with E-state index >= 15 is 14.4 Å². The molecule has 0 radical (unpaired) electrons. The zero-order valence-electron chi connectivity index (χ0n) is 53.8. The first-order valence-electron chi connectivity index (χ1n) is 35.1. The molecule has 88 heavy (non-hydrogen) atoms. The van der Waals surface area contributed by atoms with Gasteiger partial charge in [-0.05, 0) is 214 Å². The Morgan fingerprint density at radius 3 is 2.40 bits per heavy atom. The number of nitrogens with one attached hydrogen (secondary N) is 3. The molecule has 0 amide bonds. The number of benzene rings is 1. The highest BCUT2D eigenvalue weighted by atomic mass is 16.6. The number of aliphatic hydroxyl groups is 4. The number of carbonyl (C=O) groups excluding carboxylic acids is 3. The Morgan fingerprint density at radius 2 is 1.65 bits per heavy atom. The first-order chi connectivity index (χ1) is 42.1. The van der Waals surface area contributed by atoms with Crippen LogP contribution in [0.1, 0.15) is 245 Å². The van der Waals surface area contributed by atoms with Gasteiger partial charge in [0.15, 0.2) is 5.78 Å². The molecule has 0 unspecified atom stereocenters. The molecule has 2 saturated heterocycles. The number of aryl methyl sites for hydroxylation is 1. The molecule has 17 atom stereocenters. The molecule has 7 N–H and O–H groups in total. The summed E-state index contributed by atoms with van der Waals surface area (Å²) >= 11 is 0. The predicted molar refractivity (Wildman–Crippen MR) is 337 cm³/mol. The molecule has 16 rings (SSSR count). The lowest BCUT2D eigenvalue weighted by Gasteiger charge is -2.76. The Balaban J connectivity index is 0.911. The number of fused-ring (bicyclic) bond motifs is 10. The lowest BCUT2D eigenvalue weighted by molar-refractivity contribution is -0.271. The molecule has 3 aromatic heterocycles. The third-order valence-corrected chi connectivity index (χ3v) is 28.9. The number of nitrogens with zero attached hydrogens (tertiary/aromatic N) is 1. The zero-order chi connectivity index (χ0) is 61.0. The largest absolute Gasteiger partial charge is 0.396 e. The van der Waals surface area contributed by atoms with Crippen LogP contribution in [0.2, 0.25) is 0 Å². The maximum absolute atomic E-state index is 16.5. The van der Waals surface area contributed by atoms with Crippen LogP contribution in [0.15, 0.2) is 47.9 Å². The van der Waals surface area contributed by atoms with E-state index in [2.05, 4.69) is 91.4 Å². The first-order valence-corrected chi connectivity index (χ1v) is 35.1. The number of rotatable bonds is 10. The molecule has 1 aromatic carbocycles. The second-order valence-electron chi connectivity index (χ2n) is 33.0. The van der Waals surface area contributed by atoms with Crippen molar-refractivity contribution in [1.82, 2.24) is 19.9 Å². The van der Waals surface area contributed by atoms with E-state index in [9.17, 15) is 20.4 Å². The number of epoxide rings is 1. The average Bonchev–Trinajstić information content (AvgIpc) is 1.13. The van der Waals surface area contributed by atoms with Gasteiger partial charge in [0.2, 0.25) is 0 Å². The molecule has 2 bridgehead atoms. The molecule has 4 aromatic rings. The number of carbonyl (C=O) groups is 3. The van der Waals surface area contributed by atoms with Crippen molar-refractivity contribution in [3.8, 4) is 0 Å². The van der Waals surface area contributed by atoms with Gasteiger partial charge in [0.1, 0.15) is 17.7 Å². The van der Waals surface area contributed by atoms with Crippen LogP contribution in [0.3, 0.4) is 0 Å². The second kappa shape index (κ2) is 20.1. The van der Waals surface area contributed by atoms with Gasteiger partial charge in [-0.25, -0.2) is 0 Å². The third kappa shape index (κ3) is 7.85. The van der Waals surface area contributed by atoms with Crippen LogP contribution in [0.25, 0.3) is 11.0 Å². The lowest BCUT2D eigenvalue weighted by atomic mass is 9.27. The van der Waals surface area contributed by atoms with Crippen LogP contribution >= 0.6 is 0 Å². The quantitative estimate of drug-likeness (QED) is 0.0749. The number of allylic oxidation sites excluding steroid dienone is 1. The van der Waals surface area contributed by atoms with Gasteiger partial charge in [-0.1, -0.05) is 65.5 Å². The van der Waals surface area contributed by atoms with Crippen molar-refractivity contribution in [3.63, 3.8) is 0 Å². The van der Waals surface area contributed by atoms with Crippen LogP contribution in [0, 0.1) is 56.2 Å². The van der Waals surface area contributed by atoms with Crippen LogP contribution in [0.4, 0.5) is 0 Å². The SMILES string of the molecule is CN[C@H]1CCC[C@@]2(C1)C(=O)[C@@H]1c3cc[nH]c3[C@@H]3CC[C@]1(C3)[C@@]1(C)[C@H]3[C@H](O)[C@@H]4Cn5cc([C@H]6C(=O)[C@H](CCCO)Cc7c6cc(C6CCCCC6)cc7C6(O)CCOCC6)c6[nH]cc(c65)CC[C@@](C)(C[C@@H](O)[C@H]5OC5(C)C)C5=C4[C@](C)(CC5=O)[C@@]3(C)CC[C@@H]21. The summed E-state index contributed by atoms with van der Waals surface area (Å²) in [6.07, 6.45) is 22.7. The minimum atomic E-state index is -1.11. The fraction of sp³-hybridized carbons (Fsp3) is 0.720. The summed E-state index contributed by atoms with van der Waals surface area (Å²) in [5, 5.41) is 54.4. The Labute approximate surface area is 520 Å². The van der Waals surface area contributed by atoms with E-state index in [0.717, 1.165) is 133 Å². The van der Waals surface area contributed by atoms with Crippen molar-refractivity contribution in [1.29, 1.82) is 0 Å². The Bertz CT molecular complexity index is 3560. The van der Waals surface area contributed by atoms with E-state index in [0.29, 0.717) is 95.2 Å². The molecule has 13 nitrogen and oxygen atoms in total. The maximum Gasteiger partial charge on any atom is 0.160 e. The van der Waals surface area contributed by atoms with Crippen molar-refractivity contribution >= 4 is 28.4 Å².